The summed E-state index contributed by atoms with van der Waals surface area (Å²) in [5.41, 5.74) is 2.43. The van der Waals surface area contributed by atoms with Crippen LogP contribution in [0.1, 0.15) is 21.6 Å². The number of benzene rings is 1. The van der Waals surface area contributed by atoms with E-state index in [4.69, 9.17) is 9.47 Å². The van der Waals surface area contributed by atoms with Gasteiger partial charge in [0.05, 0.1) is 13.2 Å². The second-order valence-electron chi connectivity index (χ2n) is 7.01. The number of carbonyl (C=O) groups is 1. The molecule has 30 heavy (non-hydrogen) atoms. The van der Waals surface area contributed by atoms with Crippen molar-refractivity contribution in [2.45, 2.75) is 25.1 Å². The maximum absolute atomic E-state index is 13.0. The summed E-state index contributed by atoms with van der Waals surface area (Å²) in [6.45, 7) is 5.62. The molecule has 0 spiro atoms. The number of rotatable bonds is 5. The maximum Gasteiger partial charge on any atom is 0.256 e. The molecule has 1 fully saturated rings. The van der Waals surface area contributed by atoms with E-state index in [1.165, 1.54) is 11.8 Å². The fourth-order valence-corrected chi connectivity index (χ4v) is 4.02. The second-order valence-corrected chi connectivity index (χ2v) is 8.64. The SMILES string of the molecule is CSc1nc2nc(C)cc(OCC3CN(C(=O)c4cccc(Br)c4C)CCO3)n2n1. The Balaban J connectivity index is 1.46. The zero-order chi connectivity index (χ0) is 21.3. The van der Waals surface area contributed by atoms with Crippen LogP contribution in [0.4, 0.5) is 0 Å². The highest BCUT2D eigenvalue weighted by Crippen LogP contribution is 2.22. The highest BCUT2D eigenvalue weighted by molar-refractivity contribution is 9.10. The molecule has 1 amide bonds. The molecule has 3 aromatic rings. The Kier molecular flexibility index (Phi) is 6.26. The quantitative estimate of drug-likeness (QED) is 0.507. The lowest BCUT2D eigenvalue weighted by Gasteiger charge is -2.33. The zero-order valence-electron chi connectivity index (χ0n) is 17.0. The summed E-state index contributed by atoms with van der Waals surface area (Å²) in [6, 6.07) is 7.49. The summed E-state index contributed by atoms with van der Waals surface area (Å²) in [6.07, 6.45) is 1.68. The van der Waals surface area contributed by atoms with Crippen LogP contribution in [0.5, 0.6) is 5.88 Å². The first-order chi connectivity index (χ1) is 14.5. The van der Waals surface area contributed by atoms with Crippen LogP contribution in [0.3, 0.4) is 0 Å². The number of amides is 1. The summed E-state index contributed by atoms with van der Waals surface area (Å²) in [7, 11) is 0. The van der Waals surface area contributed by atoms with Crippen LogP contribution in [-0.2, 0) is 4.74 Å². The lowest BCUT2D eigenvalue weighted by Crippen LogP contribution is -2.47. The number of hydrogen-bond donors (Lipinski definition) is 0. The van der Waals surface area contributed by atoms with Gasteiger partial charge in [-0.25, -0.2) is 4.98 Å². The number of carbonyl (C=O) groups excluding carboxylic acids is 1. The molecule has 1 saturated heterocycles. The first-order valence-corrected chi connectivity index (χ1v) is 11.5. The normalized spacial score (nSPS) is 16.8. The molecular formula is C20H22BrN5O3S. The Morgan fingerprint density at radius 3 is 3.00 bits per heavy atom. The average molecular weight is 492 g/mol. The summed E-state index contributed by atoms with van der Waals surface area (Å²) in [5, 5.41) is 5.04. The Bertz CT molecular complexity index is 1090. The van der Waals surface area contributed by atoms with Crippen molar-refractivity contribution in [2.24, 2.45) is 0 Å². The van der Waals surface area contributed by atoms with Crippen molar-refractivity contribution >= 4 is 39.4 Å². The Morgan fingerprint density at radius 1 is 1.37 bits per heavy atom. The third-order valence-electron chi connectivity index (χ3n) is 4.91. The van der Waals surface area contributed by atoms with Crippen molar-refractivity contribution in [1.82, 2.24) is 24.5 Å². The minimum absolute atomic E-state index is 0.00475. The zero-order valence-corrected chi connectivity index (χ0v) is 19.4. The summed E-state index contributed by atoms with van der Waals surface area (Å²) in [4.78, 5) is 23.6. The van der Waals surface area contributed by atoms with Gasteiger partial charge in [-0.2, -0.15) is 9.50 Å². The highest BCUT2D eigenvalue weighted by Gasteiger charge is 2.27. The number of hydrogen-bond acceptors (Lipinski definition) is 7. The largest absolute Gasteiger partial charge is 0.475 e. The van der Waals surface area contributed by atoms with E-state index < -0.39 is 0 Å². The maximum atomic E-state index is 13.0. The van der Waals surface area contributed by atoms with Gasteiger partial charge in [0, 0.05) is 28.3 Å². The van der Waals surface area contributed by atoms with E-state index in [0.29, 0.717) is 48.7 Å². The first kappa shape index (κ1) is 21.1. The van der Waals surface area contributed by atoms with Crippen LogP contribution in [-0.4, -0.2) is 69.1 Å². The number of aromatic nitrogens is 4. The number of ether oxygens (including phenoxy) is 2. The molecule has 4 rings (SSSR count). The van der Waals surface area contributed by atoms with Crippen molar-refractivity contribution in [3.63, 3.8) is 0 Å². The van der Waals surface area contributed by atoms with Gasteiger partial charge in [-0.3, -0.25) is 4.79 Å². The molecule has 1 aliphatic rings. The monoisotopic (exact) mass is 491 g/mol. The summed E-state index contributed by atoms with van der Waals surface area (Å²) in [5.74, 6) is 1.06. The fraction of sp³-hybridized carbons (Fsp3) is 0.400. The van der Waals surface area contributed by atoms with Crippen molar-refractivity contribution in [1.29, 1.82) is 0 Å². The molecule has 0 radical (unpaired) electrons. The minimum Gasteiger partial charge on any atom is -0.475 e. The number of aryl methyl sites for hydroxylation is 1. The van der Waals surface area contributed by atoms with Gasteiger partial charge in [-0.1, -0.05) is 33.8 Å². The van der Waals surface area contributed by atoms with Gasteiger partial charge in [0.25, 0.3) is 11.7 Å². The van der Waals surface area contributed by atoms with Gasteiger partial charge in [0.15, 0.2) is 0 Å². The minimum atomic E-state index is -0.234. The average Bonchev–Trinajstić information content (AvgIpc) is 3.17. The number of morpholine rings is 1. The standard InChI is InChI=1S/C20H22BrN5O3S/c1-12-9-17(26-19(22-12)23-20(24-26)30-3)29-11-14-10-25(7-8-28-14)18(27)15-5-4-6-16(21)13(15)2/h4-6,9,14H,7-8,10-11H2,1-3H3. The molecule has 10 heteroatoms. The molecule has 3 heterocycles. The van der Waals surface area contributed by atoms with E-state index in [0.717, 1.165) is 15.7 Å². The highest BCUT2D eigenvalue weighted by atomic mass is 79.9. The van der Waals surface area contributed by atoms with E-state index >= 15 is 0 Å². The number of fused-ring (bicyclic) bond motifs is 1. The fourth-order valence-electron chi connectivity index (χ4n) is 3.32. The number of nitrogens with zero attached hydrogens (tertiary/aromatic N) is 5. The number of halogens is 1. The molecule has 1 aliphatic heterocycles. The van der Waals surface area contributed by atoms with E-state index in [2.05, 4.69) is 31.0 Å². The first-order valence-electron chi connectivity index (χ1n) is 9.53. The van der Waals surface area contributed by atoms with Gasteiger partial charge >= 0.3 is 0 Å². The molecule has 0 bridgehead atoms. The van der Waals surface area contributed by atoms with Gasteiger partial charge in [0.1, 0.15) is 12.7 Å². The summed E-state index contributed by atoms with van der Waals surface area (Å²) >= 11 is 4.95. The second kappa shape index (κ2) is 8.91. The predicted octanol–water partition coefficient (Wildman–Crippen LogP) is 3.15. The van der Waals surface area contributed by atoms with Gasteiger partial charge in [-0.15, -0.1) is 5.10 Å². The van der Waals surface area contributed by atoms with Gasteiger partial charge in [0.2, 0.25) is 11.0 Å². The van der Waals surface area contributed by atoms with Gasteiger partial charge in [-0.05, 0) is 37.8 Å². The molecule has 0 N–H and O–H groups in total. The Morgan fingerprint density at radius 2 is 2.20 bits per heavy atom. The van der Waals surface area contributed by atoms with Crippen molar-refractivity contribution in [2.75, 3.05) is 32.6 Å². The lowest BCUT2D eigenvalue weighted by atomic mass is 10.1. The third kappa shape index (κ3) is 4.30. The number of thioether (sulfide) groups is 1. The molecule has 158 valence electrons. The van der Waals surface area contributed by atoms with Crippen molar-refractivity contribution < 1.29 is 14.3 Å². The molecule has 0 aliphatic carbocycles. The van der Waals surface area contributed by atoms with Crippen LogP contribution in [0.25, 0.3) is 5.78 Å². The third-order valence-corrected chi connectivity index (χ3v) is 6.31. The van der Waals surface area contributed by atoms with Crippen LogP contribution < -0.4 is 4.74 Å². The molecule has 1 atom stereocenters. The van der Waals surface area contributed by atoms with Crippen LogP contribution in [0, 0.1) is 13.8 Å². The summed E-state index contributed by atoms with van der Waals surface area (Å²) < 4.78 is 14.4. The lowest BCUT2D eigenvalue weighted by molar-refractivity contribution is -0.0410. The van der Waals surface area contributed by atoms with E-state index in [1.807, 2.05) is 49.3 Å². The topological polar surface area (TPSA) is 81.9 Å². The molecule has 2 aromatic heterocycles. The Labute approximate surface area is 187 Å². The smallest absolute Gasteiger partial charge is 0.256 e. The predicted molar refractivity (Wildman–Crippen MR) is 117 cm³/mol. The van der Waals surface area contributed by atoms with Crippen LogP contribution in [0.15, 0.2) is 33.9 Å². The van der Waals surface area contributed by atoms with E-state index in [-0.39, 0.29) is 12.0 Å². The molecule has 1 aromatic carbocycles. The van der Waals surface area contributed by atoms with Crippen LogP contribution >= 0.6 is 27.7 Å². The van der Waals surface area contributed by atoms with Gasteiger partial charge < -0.3 is 14.4 Å². The molecule has 0 saturated carbocycles. The Hall–Kier alpha value is -2.17. The van der Waals surface area contributed by atoms with Crippen molar-refractivity contribution in [3.8, 4) is 5.88 Å². The molecular weight excluding hydrogens is 470 g/mol. The van der Waals surface area contributed by atoms with Crippen molar-refractivity contribution in [3.05, 3.63) is 45.6 Å². The molecule has 8 nitrogen and oxygen atoms in total. The van der Waals surface area contributed by atoms with E-state index in [1.54, 1.807) is 4.52 Å². The van der Waals surface area contributed by atoms with Crippen LogP contribution in [0.2, 0.25) is 0 Å². The molecule has 1 unspecified atom stereocenters. The van der Waals surface area contributed by atoms with E-state index in [9.17, 15) is 4.79 Å².